The predicted molar refractivity (Wildman–Crippen MR) is 247 cm³/mol. The van der Waals surface area contributed by atoms with Gasteiger partial charge in [0.25, 0.3) is 0 Å². The number of rotatable bonds is 47. The minimum absolute atomic E-state index is 0.0922. The van der Waals surface area contributed by atoms with Crippen LogP contribution in [0.1, 0.15) is 239 Å². The van der Waals surface area contributed by atoms with Crippen LogP contribution in [0.2, 0.25) is 0 Å². The number of ether oxygens (including phenoxy) is 2. The molecule has 0 heterocycles. The Morgan fingerprint density at radius 1 is 0.517 bits per heavy atom. The van der Waals surface area contributed by atoms with Crippen molar-refractivity contribution in [3.8, 4) is 0 Å². The number of unbranched alkanes of at least 4 members (excludes halogenated alkanes) is 31. The lowest BCUT2D eigenvalue weighted by Crippen LogP contribution is -2.37. The van der Waals surface area contributed by atoms with Gasteiger partial charge in [-0.15, -0.1) is 0 Å². The molecule has 0 saturated heterocycles. The molecule has 0 saturated carbocycles. The van der Waals surface area contributed by atoms with Gasteiger partial charge in [0.15, 0.2) is 0 Å². The van der Waals surface area contributed by atoms with Crippen LogP contribution < -0.4 is 0 Å². The van der Waals surface area contributed by atoms with E-state index in [-0.39, 0.29) is 25.8 Å². The highest BCUT2D eigenvalue weighted by Gasteiger charge is 2.26. The van der Waals surface area contributed by atoms with Crippen molar-refractivity contribution in [3.63, 3.8) is 0 Å². The topological polar surface area (TPSA) is 91.3 Å². The van der Waals surface area contributed by atoms with E-state index >= 15 is 0 Å². The maximum atomic E-state index is 12.7. The van der Waals surface area contributed by atoms with Crippen LogP contribution in [0.15, 0.2) is 12.2 Å². The Bertz CT molecular complexity index is 940. The van der Waals surface area contributed by atoms with Crippen LogP contribution in [0.25, 0.3) is 0 Å². The Balaban J connectivity index is 4.03. The average molecular weight is 845 g/mol. The van der Waals surface area contributed by atoms with E-state index in [1.165, 1.54) is 186 Å². The molecule has 0 spiro atoms. The van der Waals surface area contributed by atoms with Crippen LogP contribution >= 0.6 is 7.82 Å². The third-order valence-electron chi connectivity index (χ3n) is 11.1. The number of carbonyl (C=O) groups is 1. The summed E-state index contributed by atoms with van der Waals surface area (Å²) in [6.07, 6.45) is 48.3. The molecule has 0 aromatic heterocycles. The van der Waals surface area contributed by atoms with Crippen molar-refractivity contribution in [2.75, 3.05) is 54.1 Å². The van der Waals surface area contributed by atoms with Gasteiger partial charge in [-0.25, -0.2) is 4.57 Å². The zero-order valence-corrected chi connectivity index (χ0v) is 40.2. The van der Waals surface area contributed by atoms with E-state index in [4.69, 9.17) is 18.5 Å². The fraction of sp³-hybridized carbons (Fsp3) is 0.939. The zero-order chi connectivity index (χ0) is 42.7. The molecule has 0 aromatic rings. The van der Waals surface area contributed by atoms with E-state index in [0.717, 1.165) is 32.1 Å². The molecule has 0 aliphatic rings. The van der Waals surface area contributed by atoms with Gasteiger partial charge in [-0.1, -0.05) is 206 Å². The minimum Gasteiger partial charge on any atom is -0.457 e. The van der Waals surface area contributed by atoms with Gasteiger partial charge < -0.3 is 18.9 Å². The van der Waals surface area contributed by atoms with Crippen molar-refractivity contribution in [3.05, 3.63) is 12.2 Å². The second-order valence-corrected chi connectivity index (χ2v) is 19.7. The summed E-state index contributed by atoms with van der Waals surface area (Å²) in [5, 5.41) is 0. The Labute approximate surface area is 360 Å². The molecule has 0 aliphatic carbocycles. The Kier molecular flexibility index (Phi) is 42.3. The van der Waals surface area contributed by atoms with Crippen molar-refractivity contribution in [1.29, 1.82) is 0 Å². The van der Waals surface area contributed by atoms with E-state index in [1.807, 2.05) is 21.1 Å². The molecule has 9 heteroatoms. The van der Waals surface area contributed by atoms with Crippen molar-refractivity contribution >= 4 is 13.8 Å². The van der Waals surface area contributed by atoms with Crippen LogP contribution in [0.5, 0.6) is 0 Å². The first-order valence-corrected chi connectivity index (χ1v) is 26.4. The highest BCUT2D eigenvalue weighted by molar-refractivity contribution is 7.47. The van der Waals surface area contributed by atoms with Crippen molar-refractivity contribution in [1.82, 2.24) is 0 Å². The van der Waals surface area contributed by atoms with E-state index < -0.39 is 13.9 Å². The summed E-state index contributed by atoms with van der Waals surface area (Å²) >= 11 is 0. The molecular weight excluding hydrogens is 746 g/mol. The number of hydrogen-bond acceptors (Lipinski definition) is 6. The highest BCUT2D eigenvalue weighted by atomic mass is 31.2. The van der Waals surface area contributed by atoms with Crippen LogP contribution in [-0.2, 0) is 27.9 Å². The molecule has 0 rings (SSSR count). The molecule has 8 nitrogen and oxygen atoms in total. The van der Waals surface area contributed by atoms with E-state index in [9.17, 15) is 14.3 Å². The first-order chi connectivity index (χ1) is 28.1. The Morgan fingerprint density at radius 3 is 1.31 bits per heavy atom. The summed E-state index contributed by atoms with van der Waals surface area (Å²) in [7, 11) is 1.68. The lowest BCUT2D eigenvalue weighted by molar-refractivity contribution is -0.870. The SMILES string of the molecule is CCCCCCCCCC/C=C\CCCCCCCCCCCCCCOCC(COP(=O)(O)OCC[N+](C)(C)C)OC(=O)CCCCCCCCCCCCCC. The summed E-state index contributed by atoms with van der Waals surface area (Å²) in [6.45, 7) is 5.67. The molecule has 0 fully saturated rings. The van der Waals surface area contributed by atoms with Crippen LogP contribution in [0.3, 0.4) is 0 Å². The monoisotopic (exact) mass is 845 g/mol. The highest BCUT2D eigenvalue weighted by Crippen LogP contribution is 2.43. The maximum absolute atomic E-state index is 12.7. The lowest BCUT2D eigenvalue weighted by Gasteiger charge is -2.24. The average Bonchev–Trinajstić information content (AvgIpc) is 3.18. The molecule has 58 heavy (non-hydrogen) atoms. The molecule has 346 valence electrons. The van der Waals surface area contributed by atoms with Crippen molar-refractivity contribution < 1.29 is 37.3 Å². The van der Waals surface area contributed by atoms with Crippen molar-refractivity contribution in [2.45, 2.75) is 245 Å². The van der Waals surface area contributed by atoms with Gasteiger partial charge in [-0.05, 0) is 38.5 Å². The standard InChI is InChI=1S/C49H98NO7P/c1-6-8-10-12-14-16-18-20-21-22-23-24-25-26-27-28-29-30-31-33-35-37-39-41-44-54-46-48(47-56-58(52,53)55-45-43-50(3,4)5)57-49(51)42-40-38-36-34-32-19-17-15-13-11-9-7-2/h22-23,48H,6-21,24-47H2,1-5H3/p+1/b23-22-. The number of likely N-dealkylation sites (N-methyl/N-ethyl adjacent to an activating group) is 1. The fourth-order valence-electron chi connectivity index (χ4n) is 7.20. The summed E-state index contributed by atoms with van der Waals surface area (Å²) in [5.74, 6) is -0.310. The third kappa shape index (κ3) is 46.3. The zero-order valence-electron chi connectivity index (χ0n) is 39.3. The second kappa shape index (κ2) is 42.9. The smallest absolute Gasteiger partial charge is 0.457 e. The minimum atomic E-state index is -4.27. The van der Waals surface area contributed by atoms with E-state index in [2.05, 4.69) is 26.0 Å². The van der Waals surface area contributed by atoms with Gasteiger partial charge in [0.2, 0.25) is 0 Å². The normalized spacial score (nSPS) is 13.7. The molecule has 1 N–H and O–H groups in total. The number of nitrogens with zero attached hydrogens (tertiary/aromatic N) is 1. The number of allylic oxidation sites excluding steroid dienone is 2. The quantitative estimate of drug-likeness (QED) is 0.0214. The van der Waals surface area contributed by atoms with Gasteiger partial charge >= 0.3 is 13.8 Å². The summed E-state index contributed by atoms with van der Waals surface area (Å²) in [6, 6.07) is 0. The van der Waals surface area contributed by atoms with Gasteiger partial charge in [0.1, 0.15) is 19.3 Å². The number of quaternary nitrogens is 1. The van der Waals surface area contributed by atoms with Crippen LogP contribution in [-0.4, -0.2) is 75.6 Å². The number of esters is 1. The first-order valence-electron chi connectivity index (χ1n) is 24.9. The number of carbonyl (C=O) groups excluding carboxylic acids is 1. The number of phosphoric acid groups is 1. The van der Waals surface area contributed by atoms with Crippen LogP contribution in [0, 0.1) is 0 Å². The second-order valence-electron chi connectivity index (χ2n) is 18.2. The Hall–Kier alpha value is -0.760. The number of phosphoric ester groups is 1. The molecule has 0 amide bonds. The third-order valence-corrected chi connectivity index (χ3v) is 12.1. The van der Waals surface area contributed by atoms with Crippen LogP contribution in [0.4, 0.5) is 0 Å². The van der Waals surface area contributed by atoms with Gasteiger partial charge in [0.05, 0.1) is 34.4 Å². The number of hydrogen-bond donors (Lipinski definition) is 1. The first kappa shape index (κ1) is 57.2. The molecule has 0 aromatic carbocycles. The summed E-state index contributed by atoms with van der Waals surface area (Å²) in [5.41, 5.74) is 0. The largest absolute Gasteiger partial charge is 0.472 e. The van der Waals surface area contributed by atoms with Gasteiger partial charge in [0, 0.05) is 13.0 Å². The molecule has 0 aliphatic heterocycles. The molecular formula is C49H99NO7P+. The van der Waals surface area contributed by atoms with Gasteiger partial charge in [-0.2, -0.15) is 0 Å². The Morgan fingerprint density at radius 2 is 0.897 bits per heavy atom. The van der Waals surface area contributed by atoms with Crippen molar-refractivity contribution in [2.24, 2.45) is 0 Å². The molecule has 2 atom stereocenters. The molecule has 0 bridgehead atoms. The molecule has 2 unspecified atom stereocenters. The summed E-state index contributed by atoms with van der Waals surface area (Å²) < 4.78 is 35.1. The summed E-state index contributed by atoms with van der Waals surface area (Å²) in [4.78, 5) is 22.9. The lowest BCUT2D eigenvalue weighted by atomic mass is 10.0. The van der Waals surface area contributed by atoms with E-state index in [0.29, 0.717) is 24.1 Å². The predicted octanol–water partition coefficient (Wildman–Crippen LogP) is 15.0. The van der Waals surface area contributed by atoms with Gasteiger partial charge in [-0.3, -0.25) is 13.8 Å². The maximum Gasteiger partial charge on any atom is 0.472 e. The van der Waals surface area contributed by atoms with E-state index in [1.54, 1.807) is 0 Å². The fourth-order valence-corrected chi connectivity index (χ4v) is 7.94. The molecule has 0 radical (unpaired) electrons.